The normalized spacial score (nSPS) is 12.7. The van der Waals surface area contributed by atoms with Crippen LogP contribution in [-0.4, -0.2) is 26.4 Å². The maximum atomic E-state index is 5.90. The molecule has 0 aliphatic heterocycles. The molecule has 0 aliphatic rings. The van der Waals surface area contributed by atoms with Gasteiger partial charge >= 0.3 is 0 Å². The summed E-state index contributed by atoms with van der Waals surface area (Å²) in [6, 6.07) is 6.25. The molecule has 0 amide bonds. The van der Waals surface area contributed by atoms with Crippen molar-refractivity contribution < 1.29 is 9.47 Å². The summed E-state index contributed by atoms with van der Waals surface area (Å²) < 4.78 is 12.0. The molecule has 114 valence electrons. The van der Waals surface area contributed by atoms with Crippen LogP contribution in [0.1, 0.15) is 32.8 Å². The van der Waals surface area contributed by atoms with E-state index in [-0.39, 0.29) is 6.10 Å². The highest BCUT2D eigenvalue weighted by atomic mass is 79.9. The van der Waals surface area contributed by atoms with Gasteiger partial charge in [0.05, 0.1) is 10.6 Å². The molecule has 0 aromatic heterocycles. The van der Waals surface area contributed by atoms with Gasteiger partial charge in [-0.3, -0.25) is 0 Å². The fourth-order valence-corrected chi connectivity index (χ4v) is 2.33. The van der Waals surface area contributed by atoms with Crippen LogP contribution in [0.5, 0.6) is 5.75 Å². The summed E-state index contributed by atoms with van der Waals surface area (Å²) in [7, 11) is 1.71. The fraction of sp³-hybridized carbons (Fsp3) is 0.625. The molecule has 4 heteroatoms. The SMILES string of the molecule is COCCC(C)Oc1ccc(CNCC(C)C)cc1Br. The molecule has 1 unspecified atom stereocenters. The van der Waals surface area contributed by atoms with E-state index in [9.17, 15) is 0 Å². The number of nitrogens with one attached hydrogen (secondary N) is 1. The van der Waals surface area contributed by atoms with Gasteiger partial charge in [-0.25, -0.2) is 0 Å². The Labute approximate surface area is 131 Å². The lowest BCUT2D eigenvalue weighted by Gasteiger charge is -2.16. The van der Waals surface area contributed by atoms with Crippen molar-refractivity contribution in [2.75, 3.05) is 20.3 Å². The molecule has 0 spiro atoms. The third-order valence-corrected chi connectivity index (χ3v) is 3.55. The van der Waals surface area contributed by atoms with Crippen LogP contribution in [0.15, 0.2) is 22.7 Å². The number of hydrogen-bond donors (Lipinski definition) is 1. The number of methoxy groups -OCH3 is 1. The summed E-state index contributed by atoms with van der Waals surface area (Å²) in [4.78, 5) is 0. The van der Waals surface area contributed by atoms with Gasteiger partial charge in [-0.15, -0.1) is 0 Å². The topological polar surface area (TPSA) is 30.5 Å². The first-order valence-electron chi connectivity index (χ1n) is 7.17. The highest BCUT2D eigenvalue weighted by Crippen LogP contribution is 2.27. The first-order valence-corrected chi connectivity index (χ1v) is 7.97. The monoisotopic (exact) mass is 343 g/mol. The van der Waals surface area contributed by atoms with Crippen molar-refractivity contribution in [1.29, 1.82) is 0 Å². The Morgan fingerprint density at radius 1 is 1.25 bits per heavy atom. The Morgan fingerprint density at radius 2 is 2.00 bits per heavy atom. The van der Waals surface area contributed by atoms with Gasteiger partial charge in [0.25, 0.3) is 0 Å². The molecule has 1 N–H and O–H groups in total. The molecule has 0 radical (unpaired) electrons. The molecule has 1 aromatic carbocycles. The van der Waals surface area contributed by atoms with Gasteiger partial charge in [0, 0.05) is 26.7 Å². The van der Waals surface area contributed by atoms with Crippen molar-refractivity contribution in [1.82, 2.24) is 5.32 Å². The largest absolute Gasteiger partial charge is 0.489 e. The molecular weight excluding hydrogens is 318 g/mol. The highest BCUT2D eigenvalue weighted by Gasteiger charge is 2.08. The second kappa shape index (κ2) is 9.37. The molecule has 0 fully saturated rings. The quantitative estimate of drug-likeness (QED) is 0.735. The second-order valence-corrected chi connectivity index (χ2v) is 6.35. The summed E-state index contributed by atoms with van der Waals surface area (Å²) in [5.41, 5.74) is 1.26. The van der Waals surface area contributed by atoms with E-state index in [1.807, 2.05) is 6.07 Å². The molecule has 0 bridgehead atoms. The van der Waals surface area contributed by atoms with Crippen molar-refractivity contribution in [3.05, 3.63) is 28.2 Å². The van der Waals surface area contributed by atoms with Gasteiger partial charge in [-0.1, -0.05) is 19.9 Å². The van der Waals surface area contributed by atoms with E-state index in [4.69, 9.17) is 9.47 Å². The molecule has 0 saturated carbocycles. The van der Waals surface area contributed by atoms with E-state index in [1.165, 1.54) is 5.56 Å². The fourth-order valence-electron chi connectivity index (χ4n) is 1.81. The zero-order chi connectivity index (χ0) is 15.0. The zero-order valence-electron chi connectivity index (χ0n) is 12.9. The predicted molar refractivity (Wildman–Crippen MR) is 87.3 cm³/mol. The van der Waals surface area contributed by atoms with Crippen molar-refractivity contribution in [2.24, 2.45) is 5.92 Å². The molecular formula is C16H26BrNO2. The minimum Gasteiger partial charge on any atom is -0.489 e. The Hall–Kier alpha value is -0.580. The van der Waals surface area contributed by atoms with E-state index < -0.39 is 0 Å². The van der Waals surface area contributed by atoms with Gasteiger partial charge in [-0.2, -0.15) is 0 Å². The predicted octanol–water partition coefficient (Wildman–Crippen LogP) is 4.00. The van der Waals surface area contributed by atoms with Crippen LogP contribution >= 0.6 is 15.9 Å². The second-order valence-electron chi connectivity index (χ2n) is 5.50. The van der Waals surface area contributed by atoms with Crippen molar-refractivity contribution in [3.8, 4) is 5.75 Å². The number of benzene rings is 1. The average molecular weight is 344 g/mol. The summed E-state index contributed by atoms with van der Waals surface area (Å²) >= 11 is 3.58. The minimum absolute atomic E-state index is 0.149. The Balaban J connectivity index is 2.50. The average Bonchev–Trinajstić information content (AvgIpc) is 2.39. The third-order valence-electron chi connectivity index (χ3n) is 2.93. The lowest BCUT2D eigenvalue weighted by atomic mass is 10.2. The van der Waals surface area contributed by atoms with Gasteiger partial charge in [0.1, 0.15) is 5.75 Å². The van der Waals surface area contributed by atoms with Crippen LogP contribution in [0, 0.1) is 5.92 Å². The molecule has 1 aromatic rings. The lowest BCUT2D eigenvalue weighted by molar-refractivity contribution is 0.134. The molecule has 0 aliphatic carbocycles. The smallest absolute Gasteiger partial charge is 0.133 e. The molecule has 0 heterocycles. The number of rotatable bonds is 9. The highest BCUT2D eigenvalue weighted by molar-refractivity contribution is 9.10. The van der Waals surface area contributed by atoms with Crippen molar-refractivity contribution in [2.45, 2.75) is 39.8 Å². The summed E-state index contributed by atoms with van der Waals surface area (Å²) in [5, 5.41) is 3.44. The van der Waals surface area contributed by atoms with Gasteiger partial charge in [0.15, 0.2) is 0 Å². The molecule has 1 rings (SSSR count). The van der Waals surface area contributed by atoms with Crippen LogP contribution in [0.3, 0.4) is 0 Å². The van der Waals surface area contributed by atoms with Gasteiger partial charge in [-0.05, 0) is 53.0 Å². The zero-order valence-corrected chi connectivity index (χ0v) is 14.5. The van der Waals surface area contributed by atoms with E-state index in [0.717, 1.165) is 36.3 Å². The standard InChI is InChI=1S/C16H26BrNO2/c1-12(2)10-18-11-14-5-6-16(15(17)9-14)20-13(3)7-8-19-4/h5-6,9,12-13,18H,7-8,10-11H2,1-4H3. The van der Waals surface area contributed by atoms with Crippen molar-refractivity contribution >= 4 is 15.9 Å². The van der Waals surface area contributed by atoms with E-state index in [1.54, 1.807) is 7.11 Å². The Morgan fingerprint density at radius 3 is 2.60 bits per heavy atom. The lowest BCUT2D eigenvalue weighted by Crippen LogP contribution is -2.19. The summed E-state index contributed by atoms with van der Waals surface area (Å²) in [5.74, 6) is 1.56. The Kier molecular flexibility index (Phi) is 8.19. The number of ether oxygens (including phenoxy) is 2. The maximum absolute atomic E-state index is 5.90. The first kappa shape index (κ1) is 17.5. The third kappa shape index (κ3) is 6.73. The Bertz CT molecular complexity index is 396. The van der Waals surface area contributed by atoms with Crippen LogP contribution in [0.25, 0.3) is 0 Å². The summed E-state index contributed by atoms with van der Waals surface area (Å²) in [6.07, 6.45) is 1.04. The molecule has 0 saturated heterocycles. The van der Waals surface area contributed by atoms with Crippen molar-refractivity contribution in [3.63, 3.8) is 0 Å². The van der Waals surface area contributed by atoms with Crippen LogP contribution in [0.2, 0.25) is 0 Å². The first-order chi connectivity index (χ1) is 9.52. The van der Waals surface area contributed by atoms with Gasteiger partial charge in [0.2, 0.25) is 0 Å². The number of halogens is 1. The van der Waals surface area contributed by atoms with E-state index in [0.29, 0.717) is 5.92 Å². The molecule has 1 atom stereocenters. The maximum Gasteiger partial charge on any atom is 0.133 e. The van der Waals surface area contributed by atoms with Crippen LogP contribution < -0.4 is 10.1 Å². The molecule has 3 nitrogen and oxygen atoms in total. The van der Waals surface area contributed by atoms with Crippen LogP contribution in [0.4, 0.5) is 0 Å². The summed E-state index contributed by atoms with van der Waals surface area (Å²) in [6.45, 7) is 9.11. The van der Waals surface area contributed by atoms with Crippen LogP contribution in [-0.2, 0) is 11.3 Å². The molecule has 20 heavy (non-hydrogen) atoms. The van der Waals surface area contributed by atoms with E-state index in [2.05, 4.69) is 54.2 Å². The van der Waals surface area contributed by atoms with E-state index >= 15 is 0 Å². The number of hydrogen-bond acceptors (Lipinski definition) is 3. The minimum atomic E-state index is 0.149. The van der Waals surface area contributed by atoms with Gasteiger partial charge < -0.3 is 14.8 Å².